The summed E-state index contributed by atoms with van der Waals surface area (Å²) in [5.74, 6) is 0. The molecular formula is C7H10O2. The molecule has 9 heavy (non-hydrogen) atoms. The maximum atomic E-state index is 9.23. The Hall–Kier alpha value is -0.340. The second-order valence-corrected chi connectivity index (χ2v) is 2.64. The predicted molar refractivity (Wildman–Crippen MR) is 33.0 cm³/mol. The molecule has 50 valence electrons. The van der Waals surface area contributed by atoms with Gasteiger partial charge in [0.1, 0.15) is 12.2 Å². The van der Waals surface area contributed by atoms with Gasteiger partial charge in [-0.2, -0.15) is 0 Å². The van der Waals surface area contributed by atoms with Crippen LogP contribution in [0.4, 0.5) is 0 Å². The Bertz CT molecular complexity index is 142. The molecule has 0 saturated carbocycles. The van der Waals surface area contributed by atoms with E-state index in [1.165, 1.54) is 0 Å². The van der Waals surface area contributed by atoms with Crippen molar-refractivity contribution >= 4 is 0 Å². The van der Waals surface area contributed by atoms with Gasteiger partial charge in [0, 0.05) is 0 Å². The molecule has 0 aromatic heterocycles. The van der Waals surface area contributed by atoms with E-state index in [4.69, 9.17) is 4.74 Å². The van der Waals surface area contributed by atoms with Gasteiger partial charge in [-0.25, -0.2) is 0 Å². The summed E-state index contributed by atoms with van der Waals surface area (Å²) in [6.07, 6.45) is 6.13. The summed E-state index contributed by atoms with van der Waals surface area (Å²) in [6.45, 7) is 0. The summed E-state index contributed by atoms with van der Waals surface area (Å²) in [5, 5.41) is 9.23. The molecule has 0 aromatic carbocycles. The van der Waals surface area contributed by atoms with Gasteiger partial charge in [0.15, 0.2) is 0 Å². The molecule has 0 bridgehead atoms. The van der Waals surface area contributed by atoms with E-state index in [1.54, 1.807) is 0 Å². The molecule has 2 rings (SSSR count). The van der Waals surface area contributed by atoms with E-state index < -0.39 is 0 Å². The van der Waals surface area contributed by atoms with Gasteiger partial charge < -0.3 is 9.84 Å². The van der Waals surface area contributed by atoms with Crippen LogP contribution >= 0.6 is 0 Å². The van der Waals surface area contributed by atoms with E-state index in [9.17, 15) is 5.11 Å². The first-order valence-electron chi connectivity index (χ1n) is 3.38. The number of ether oxygens (including phenoxy) is 1. The van der Waals surface area contributed by atoms with Gasteiger partial charge in [-0.05, 0) is 12.8 Å². The predicted octanol–water partition coefficient (Wildman–Crippen LogP) is 0.465. The maximum absolute atomic E-state index is 9.23. The van der Waals surface area contributed by atoms with Crippen molar-refractivity contribution in [3.8, 4) is 0 Å². The Labute approximate surface area is 54.1 Å². The van der Waals surface area contributed by atoms with Crippen LogP contribution in [0.15, 0.2) is 12.2 Å². The number of fused-ring (bicyclic) bond motifs is 1. The Morgan fingerprint density at radius 3 is 3.33 bits per heavy atom. The summed E-state index contributed by atoms with van der Waals surface area (Å²) < 4.78 is 5.13. The molecule has 1 saturated heterocycles. The molecule has 1 aliphatic heterocycles. The van der Waals surface area contributed by atoms with E-state index >= 15 is 0 Å². The fraction of sp³-hybridized carbons (Fsp3) is 0.714. The molecule has 1 heterocycles. The third-order valence-electron chi connectivity index (χ3n) is 1.90. The number of hydrogen-bond acceptors (Lipinski definition) is 2. The zero-order valence-corrected chi connectivity index (χ0v) is 5.16. The Kier molecular flexibility index (Phi) is 1.10. The standard InChI is InChI=1S/C7H10O2/c8-5-3-1-2-4-6-7(5)9-6/h2,4-8H,1,3H2. The van der Waals surface area contributed by atoms with Gasteiger partial charge >= 0.3 is 0 Å². The SMILES string of the molecule is OC1CCC=CC2OC12. The second-order valence-electron chi connectivity index (χ2n) is 2.64. The van der Waals surface area contributed by atoms with Crippen molar-refractivity contribution in [2.45, 2.75) is 31.2 Å². The first-order valence-corrected chi connectivity index (χ1v) is 3.38. The van der Waals surface area contributed by atoms with Crippen LogP contribution < -0.4 is 0 Å². The third-order valence-corrected chi connectivity index (χ3v) is 1.90. The molecule has 0 spiro atoms. The summed E-state index contributed by atoms with van der Waals surface area (Å²) >= 11 is 0. The van der Waals surface area contributed by atoms with Gasteiger partial charge in [0.05, 0.1) is 6.10 Å². The largest absolute Gasteiger partial charge is 0.390 e. The molecule has 2 aliphatic rings. The number of hydrogen-bond donors (Lipinski definition) is 1. The van der Waals surface area contributed by atoms with Crippen molar-refractivity contribution < 1.29 is 9.84 Å². The molecule has 3 unspecified atom stereocenters. The quantitative estimate of drug-likeness (QED) is 0.378. The average molecular weight is 126 g/mol. The van der Waals surface area contributed by atoms with E-state index in [-0.39, 0.29) is 18.3 Å². The average Bonchev–Trinajstić information content (AvgIpc) is 2.55. The molecule has 1 fully saturated rings. The zero-order valence-electron chi connectivity index (χ0n) is 5.16. The van der Waals surface area contributed by atoms with Gasteiger partial charge in [-0.3, -0.25) is 0 Å². The highest BCUT2D eigenvalue weighted by Crippen LogP contribution is 2.31. The summed E-state index contributed by atoms with van der Waals surface area (Å²) in [4.78, 5) is 0. The molecule has 0 radical (unpaired) electrons. The minimum Gasteiger partial charge on any atom is -0.390 e. The number of rotatable bonds is 0. The molecule has 0 amide bonds. The summed E-state index contributed by atoms with van der Waals surface area (Å²) in [5.41, 5.74) is 0. The highest BCUT2D eigenvalue weighted by atomic mass is 16.6. The summed E-state index contributed by atoms with van der Waals surface area (Å²) in [7, 11) is 0. The Balaban J connectivity index is 2.06. The molecule has 0 aromatic rings. The first kappa shape index (κ1) is 5.45. The van der Waals surface area contributed by atoms with Gasteiger partial charge in [0.2, 0.25) is 0 Å². The van der Waals surface area contributed by atoms with Crippen molar-refractivity contribution in [3.05, 3.63) is 12.2 Å². The molecule has 1 N–H and O–H groups in total. The lowest BCUT2D eigenvalue weighted by atomic mass is 10.1. The van der Waals surface area contributed by atoms with Crippen LogP contribution in [0.2, 0.25) is 0 Å². The van der Waals surface area contributed by atoms with Gasteiger partial charge in [0.25, 0.3) is 0 Å². The van der Waals surface area contributed by atoms with E-state index in [1.807, 2.05) is 6.08 Å². The van der Waals surface area contributed by atoms with E-state index in [0.29, 0.717) is 0 Å². The maximum Gasteiger partial charge on any atom is 0.114 e. The van der Waals surface area contributed by atoms with Gasteiger partial charge in [-0.15, -0.1) is 0 Å². The van der Waals surface area contributed by atoms with Crippen LogP contribution in [0, 0.1) is 0 Å². The molecule has 2 heteroatoms. The van der Waals surface area contributed by atoms with Gasteiger partial charge in [-0.1, -0.05) is 12.2 Å². The fourth-order valence-electron chi connectivity index (χ4n) is 1.26. The lowest BCUT2D eigenvalue weighted by Gasteiger charge is -2.01. The number of epoxide rings is 1. The summed E-state index contributed by atoms with van der Waals surface area (Å²) in [6, 6.07) is 0. The third kappa shape index (κ3) is 0.884. The Morgan fingerprint density at radius 2 is 2.44 bits per heavy atom. The minimum absolute atomic E-state index is 0.128. The lowest BCUT2D eigenvalue weighted by Crippen LogP contribution is -2.14. The van der Waals surface area contributed by atoms with E-state index in [0.717, 1.165) is 12.8 Å². The number of allylic oxidation sites excluding steroid dienone is 1. The van der Waals surface area contributed by atoms with Crippen molar-refractivity contribution in [2.75, 3.05) is 0 Å². The van der Waals surface area contributed by atoms with Crippen molar-refractivity contribution in [1.29, 1.82) is 0 Å². The normalized spacial score (nSPS) is 47.9. The molecule has 2 nitrogen and oxygen atoms in total. The highest BCUT2D eigenvalue weighted by Gasteiger charge is 2.42. The second kappa shape index (κ2) is 1.82. The van der Waals surface area contributed by atoms with Crippen molar-refractivity contribution in [3.63, 3.8) is 0 Å². The zero-order chi connectivity index (χ0) is 6.27. The molecule has 1 aliphatic carbocycles. The van der Waals surface area contributed by atoms with Crippen molar-refractivity contribution in [2.24, 2.45) is 0 Å². The van der Waals surface area contributed by atoms with Crippen LogP contribution in [0.3, 0.4) is 0 Å². The smallest absolute Gasteiger partial charge is 0.114 e. The topological polar surface area (TPSA) is 32.8 Å². The first-order chi connectivity index (χ1) is 4.38. The van der Waals surface area contributed by atoms with Crippen LogP contribution in [0.1, 0.15) is 12.8 Å². The van der Waals surface area contributed by atoms with Crippen LogP contribution in [-0.4, -0.2) is 23.4 Å². The van der Waals surface area contributed by atoms with E-state index in [2.05, 4.69) is 6.08 Å². The number of aliphatic hydroxyl groups excluding tert-OH is 1. The minimum atomic E-state index is -0.218. The Morgan fingerprint density at radius 1 is 1.56 bits per heavy atom. The van der Waals surface area contributed by atoms with Crippen molar-refractivity contribution in [1.82, 2.24) is 0 Å². The lowest BCUT2D eigenvalue weighted by molar-refractivity contribution is 0.127. The van der Waals surface area contributed by atoms with Crippen LogP contribution in [-0.2, 0) is 4.74 Å². The fourth-order valence-corrected chi connectivity index (χ4v) is 1.26. The number of aliphatic hydroxyl groups is 1. The highest BCUT2D eigenvalue weighted by molar-refractivity contribution is 5.08. The molecular weight excluding hydrogens is 116 g/mol. The van der Waals surface area contributed by atoms with Crippen LogP contribution in [0.25, 0.3) is 0 Å². The molecule has 3 atom stereocenters. The monoisotopic (exact) mass is 126 g/mol. The van der Waals surface area contributed by atoms with Crippen LogP contribution in [0.5, 0.6) is 0 Å².